The molecule has 0 aromatic carbocycles. The number of fused-ring (bicyclic) bond motifs is 1. The number of halogens is 4. The van der Waals surface area contributed by atoms with Gasteiger partial charge >= 0.3 is 6.18 Å². The maximum atomic E-state index is 12.4. The van der Waals surface area contributed by atoms with E-state index in [0.717, 1.165) is 22.9 Å². The molecule has 3 rings (SSSR count). The van der Waals surface area contributed by atoms with Gasteiger partial charge in [0.25, 0.3) is 5.82 Å². The Morgan fingerprint density at radius 2 is 2.00 bits per heavy atom. The minimum absolute atomic E-state index is 0.145. The topological polar surface area (TPSA) is 30.2 Å². The molecule has 0 N–H and O–H groups in total. The van der Waals surface area contributed by atoms with E-state index in [4.69, 9.17) is 11.6 Å². The van der Waals surface area contributed by atoms with Crippen LogP contribution in [0.25, 0.3) is 5.65 Å². The van der Waals surface area contributed by atoms with Crippen LogP contribution in [0.2, 0.25) is 5.15 Å². The zero-order valence-corrected chi connectivity index (χ0v) is 9.26. The lowest BCUT2D eigenvalue weighted by molar-refractivity contribution is -0.144. The van der Waals surface area contributed by atoms with E-state index in [1.807, 2.05) is 0 Å². The molecule has 1 aliphatic carbocycles. The first-order valence-electron chi connectivity index (χ1n) is 5.08. The summed E-state index contributed by atoms with van der Waals surface area (Å²) in [5.41, 5.74) is 1.08. The van der Waals surface area contributed by atoms with Crippen LogP contribution in [0.5, 0.6) is 0 Å². The predicted octanol–water partition coefficient (Wildman–Crippen LogP) is 3.28. The number of alkyl halides is 3. The van der Waals surface area contributed by atoms with E-state index in [1.165, 1.54) is 0 Å². The lowest BCUT2D eigenvalue weighted by Gasteiger charge is -2.00. The smallest absolute Gasteiger partial charge is 0.203 e. The van der Waals surface area contributed by atoms with Gasteiger partial charge in [-0.2, -0.15) is 13.2 Å². The van der Waals surface area contributed by atoms with Crippen LogP contribution in [0.15, 0.2) is 12.1 Å². The molecule has 0 radical (unpaired) electrons. The minimum atomic E-state index is -4.55. The van der Waals surface area contributed by atoms with Crippen LogP contribution in [0.1, 0.15) is 30.1 Å². The summed E-state index contributed by atoms with van der Waals surface area (Å²) in [5.74, 6) is -0.754. The monoisotopic (exact) mass is 261 g/mol. The van der Waals surface area contributed by atoms with Crippen LogP contribution >= 0.6 is 11.6 Å². The fourth-order valence-electron chi connectivity index (χ4n) is 1.74. The molecule has 0 bridgehead atoms. The Morgan fingerprint density at radius 3 is 2.59 bits per heavy atom. The Balaban J connectivity index is 2.17. The van der Waals surface area contributed by atoms with Crippen molar-refractivity contribution >= 4 is 17.2 Å². The Hall–Kier alpha value is -1.30. The molecule has 0 unspecified atom stereocenters. The maximum Gasteiger partial charge on any atom is 0.453 e. The number of nitrogens with zero attached hydrogens (tertiary/aromatic N) is 3. The van der Waals surface area contributed by atoms with Gasteiger partial charge in [0.1, 0.15) is 5.15 Å². The lowest BCUT2D eigenvalue weighted by Crippen LogP contribution is -2.07. The first-order valence-corrected chi connectivity index (χ1v) is 5.46. The highest BCUT2D eigenvalue weighted by molar-refractivity contribution is 6.29. The van der Waals surface area contributed by atoms with E-state index in [9.17, 15) is 13.2 Å². The number of hydrogen-bond acceptors (Lipinski definition) is 2. The maximum absolute atomic E-state index is 12.4. The quantitative estimate of drug-likeness (QED) is 0.738. The summed E-state index contributed by atoms with van der Waals surface area (Å²) >= 11 is 5.89. The molecule has 0 spiro atoms. The summed E-state index contributed by atoms with van der Waals surface area (Å²) in [7, 11) is 0. The van der Waals surface area contributed by atoms with E-state index < -0.39 is 12.0 Å². The van der Waals surface area contributed by atoms with Crippen LogP contribution in [-0.2, 0) is 6.18 Å². The molecule has 2 aromatic rings. The Bertz CT molecular complexity index is 586. The largest absolute Gasteiger partial charge is 0.453 e. The van der Waals surface area contributed by atoms with Gasteiger partial charge in [0, 0.05) is 0 Å². The van der Waals surface area contributed by atoms with Crippen LogP contribution in [0.3, 0.4) is 0 Å². The molecule has 1 saturated carbocycles. The SMILES string of the molecule is FC(F)(F)c1nc2cc(C3CC3)cc(Cl)n2n1. The fraction of sp³-hybridized carbons (Fsp3) is 0.400. The Morgan fingerprint density at radius 1 is 1.29 bits per heavy atom. The summed E-state index contributed by atoms with van der Waals surface area (Å²) in [6, 6.07) is 3.27. The second-order valence-electron chi connectivity index (χ2n) is 4.09. The molecule has 0 atom stereocenters. The van der Waals surface area contributed by atoms with Crippen LogP contribution < -0.4 is 0 Å². The van der Waals surface area contributed by atoms with Gasteiger partial charge < -0.3 is 0 Å². The minimum Gasteiger partial charge on any atom is -0.203 e. The molecular weight excluding hydrogens is 255 g/mol. The van der Waals surface area contributed by atoms with Crippen molar-refractivity contribution in [3.63, 3.8) is 0 Å². The van der Waals surface area contributed by atoms with Gasteiger partial charge in [-0.3, -0.25) is 0 Å². The predicted molar refractivity (Wildman–Crippen MR) is 55.0 cm³/mol. The molecule has 7 heteroatoms. The van der Waals surface area contributed by atoms with E-state index >= 15 is 0 Å². The summed E-state index contributed by atoms with van der Waals surface area (Å²) in [6.07, 6.45) is -2.45. The zero-order valence-electron chi connectivity index (χ0n) is 8.50. The van der Waals surface area contributed by atoms with Gasteiger partial charge in [0.05, 0.1) is 0 Å². The summed E-state index contributed by atoms with van der Waals surface area (Å²) in [4.78, 5) is 3.46. The van der Waals surface area contributed by atoms with Gasteiger partial charge in [-0.1, -0.05) is 11.6 Å². The molecule has 0 amide bonds. The first kappa shape index (κ1) is 10.8. The number of pyridine rings is 1. The molecule has 1 fully saturated rings. The van der Waals surface area contributed by atoms with Crippen LogP contribution in [0.4, 0.5) is 13.2 Å². The normalized spacial score (nSPS) is 16.7. The summed E-state index contributed by atoms with van der Waals surface area (Å²) < 4.78 is 38.4. The standard InChI is InChI=1S/C10H7ClF3N3/c11-7-3-6(5-1-2-5)4-8-15-9(10(12,13)14)16-17(7)8/h3-5H,1-2H2. The number of hydrogen-bond donors (Lipinski definition) is 0. The second-order valence-corrected chi connectivity index (χ2v) is 4.48. The lowest BCUT2D eigenvalue weighted by atomic mass is 10.2. The molecule has 3 nitrogen and oxygen atoms in total. The highest BCUT2D eigenvalue weighted by Crippen LogP contribution is 2.41. The van der Waals surface area contributed by atoms with Crippen molar-refractivity contribution in [1.82, 2.24) is 14.6 Å². The molecule has 17 heavy (non-hydrogen) atoms. The van der Waals surface area contributed by atoms with Crippen molar-refractivity contribution in [2.75, 3.05) is 0 Å². The van der Waals surface area contributed by atoms with Gasteiger partial charge in [-0.25, -0.2) is 9.50 Å². The van der Waals surface area contributed by atoms with Crippen molar-refractivity contribution in [2.24, 2.45) is 0 Å². The third-order valence-electron chi connectivity index (χ3n) is 2.72. The van der Waals surface area contributed by atoms with Crippen molar-refractivity contribution in [2.45, 2.75) is 24.9 Å². The van der Waals surface area contributed by atoms with Gasteiger partial charge in [0.2, 0.25) is 0 Å². The molecule has 90 valence electrons. The first-order chi connectivity index (χ1) is 7.95. The third kappa shape index (κ3) is 1.86. The number of aromatic nitrogens is 3. The van der Waals surface area contributed by atoms with E-state index in [2.05, 4.69) is 10.1 Å². The molecule has 0 aliphatic heterocycles. The zero-order chi connectivity index (χ0) is 12.2. The molecule has 2 heterocycles. The average molecular weight is 262 g/mol. The molecular formula is C10H7ClF3N3. The van der Waals surface area contributed by atoms with Crippen LogP contribution in [-0.4, -0.2) is 14.6 Å². The fourth-order valence-corrected chi connectivity index (χ4v) is 1.99. The Labute approximate surface area is 99.2 Å². The summed E-state index contributed by atoms with van der Waals surface area (Å²) in [5, 5.41) is 3.51. The van der Waals surface area contributed by atoms with E-state index in [0.29, 0.717) is 5.92 Å². The molecule has 1 aliphatic rings. The highest BCUT2D eigenvalue weighted by atomic mass is 35.5. The Kier molecular flexibility index (Phi) is 2.13. The third-order valence-corrected chi connectivity index (χ3v) is 2.99. The van der Waals surface area contributed by atoms with Gasteiger partial charge in [-0.05, 0) is 36.5 Å². The van der Waals surface area contributed by atoms with Crippen molar-refractivity contribution < 1.29 is 13.2 Å². The summed E-state index contributed by atoms with van der Waals surface area (Å²) in [6.45, 7) is 0. The second kappa shape index (κ2) is 3.35. The molecule has 2 aromatic heterocycles. The van der Waals surface area contributed by atoms with E-state index in [1.54, 1.807) is 12.1 Å². The number of rotatable bonds is 1. The van der Waals surface area contributed by atoms with E-state index in [-0.39, 0.29) is 10.8 Å². The molecule has 0 saturated heterocycles. The van der Waals surface area contributed by atoms with Gasteiger partial charge in [0.15, 0.2) is 5.65 Å². The van der Waals surface area contributed by atoms with Crippen LogP contribution in [0, 0.1) is 0 Å². The van der Waals surface area contributed by atoms with Gasteiger partial charge in [-0.15, -0.1) is 5.10 Å². The van der Waals surface area contributed by atoms with Crippen molar-refractivity contribution in [1.29, 1.82) is 0 Å². The average Bonchev–Trinajstić information content (AvgIpc) is 2.96. The van der Waals surface area contributed by atoms with Crippen molar-refractivity contribution in [3.8, 4) is 0 Å². The van der Waals surface area contributed by atoms with Crippen molar-refractivity contribution in [3.05, 3.63) is 28.7 Å². The highest BCUT2D eigenvalue weighted by Gasteiger charge is 2.36.